The molecule has 0 unspecified atom stereocenters. The van der Waals surface area contributed by atoms with Crippen LogP contribution in [0.5, 0.6) is 11.5 Å². The molecular weight excluding hydrogens is 222 g/mol. The lowest BCUT2D eigenvalue weighted by atomic mass is 10.2. The second kappa shape index (κ2) is 3.23. The molecule has 0 fully saturated rings. The molecule has 0 atom stereocenters. The lowest BCUT2D eigenvalue weighted by Gasteiger charge is -2.10. The average Bonchev–Trinajstić information content (AvgIpc) is 2.01. The van der Waals surface area contributed by atoms with Crippen molar-refractivity contribution < 1.29 is 9.84 Å². The Morgan fingerprint density at radius 2 is 2.17 bits per heavy atom. The molecule has 0 amide bonds. The zero-order chi connectivity index (χ0) is 9.30. The average molecular weight is 232 g/mol. The summed E-state index contributed by atoms with van der Waals surface area (Å²) in [7, 11) is 1.54. The van der Waals surface area contributed by atoms with Gasteiger partial charge >= 0.3 is 0 Å². The van der Waals surface area contributed by atoms with E-state index in [0.29, 0.717) is 15.9 Å². The number of phenols is 1. The lowest BCUT2D eigenvalue weighted by molar-refractivity contribution is 0.401. The summed E-state index contributed by atoms with van der Waals surface area (Å²) in [6.07, 6.45) is 0. The highest BCUT2D eigenvalue weighted by Crippen LogP contribution is 2.40. The number of phenolic OH excluding ortho intramolecular Hbond substituents is 1. The number of benzene rings is 1. The molecular formula is C8H10BrNO2. The molecule has 1 aromatic rings. The van der Waals surface area contributed by atoms with Crippen molar-refractivity contribution >= 4 is 21.6 Å². The van der Waals surface area contributed by atoms with Gasteiger partial charge in [0.2, 0.25) is 0 Å². The minimum atomic E-state index is 0.0254. The van der Waals surface area contributed by atoms with Crippen LogP contribution in [0, 0.1) is 6.92 Å². The van der Waals surface area contributed by atoms with Crippen LogP contribution in [-0.4, -0.2) is 12.2 Å². The Morgan fingerprint density at radius 3 is 2.67 bits per heavy atom. The van der Waals surface area contributed by atoms with Gasteiger partial charge in [0.1, 0.15) is 10.2 Å². The Morgan fingerprint density at radius 1 is 1.58 bits per heavy atom. The van der Waals surface area contributed by atoms with Crippen LogP contribution < -0.4 is 10.5 Å². The highest BCUT2D eigenvalue weighted by Gasteiger charge is 2.11. The van der Waals surface area contributed by atoms with Crippen LogP contribution in [0.1, 0.15) is 5.56 Å². The summed E-state index contributed by atoms with van der Waals surface area (Å²) < 4.78 is 5.55. The van der Waals surface area contributed by atoms with E-state index in [-0.39, 0.29) is 5.75 Å². The summed E-state index contributed by atoms with van der Waals surface area (Å²) in [4.78, 5) is 0. The minimum absolute atomic E-state index is 0.0254. The first kappa shape index (κ1) is 9.19. The number of hydrogen-bond donors (Lipinski definition) is 2. The van der Waals surface area contributed by atoms with Gasteiger partial charge in [-0.05, 0) is 34.5 Å². The molecule has 66 valence electrons. The van der Waals surface area contributed by atoms with E-state index in [0.717, 1.165) is 5.56 Å². The molecule has 4 heteroatoms. The Bertz CT molecular complexity index is 312. The van der Waals surface area contributed by atoms with Gasteiger partial charge in [0, 0.05) is 0 Å². The third-order valence-electron chi connectivity index (χ3n) is 1.61. The molecule has 0 saturated carbocycles. The van der Waals surface area contributed by atoms with Gasteiger partial charge in [-0.25, -0.2) is 0 Å². The monoisotopic (exact) mass is 231 g/mol. The minimum Gasteiger partial charge on any atom is -0.505 e. The first-order valence-electron chi connectivity index (χ1n) is 3.39. The number of nitrogens with two attached hydrogens (primary N) is 1. The van der Waals surface area contributed by atoms with Crippen molar-refractivity contribution in [2.75, 3.05) is 12.8 Å². The van der Waals surface area contributed by atoms with E-state index in [9.17, 15) is 5.11 Å². The third kappa shape index (κ3) is 1.34. The first-order chi connectivity index (χ1) is 5.57. The second-order valence-electron chi connectivity index (χ2n) is 2.48. The Labute approximate surface area is 79.3 Å². The summed E-state index contributed by atoms with van der Waals surface area (Å²) >= 11 is 3.19. The number of hydrogen-bond acceptors (Lipinski definition) is 3. The standard InChI is InChI=1S/C8H10BrNO2/c1-4-3-5(10)7(11)6(9)8(4)12-2/h3,11H,10H2,1-2H3. The quantitative estimate of drug-likeness (QED) is 0.575. The van der Waals surface area contributed by atoms with Crippen LogP contribution in [-0.2, 0) is 0 Å². The maximum Gasteiger partial charge on any atom is 0.156 e. The van der Waals surface area contributed by atoms with Crippen LogP contribution in [0.3, 0.4) is 0 Å². The molecule has 1 aromatic carbocycles. The maximum atomic E-state index is 9.39. The highest BCUT2D eigenvalue weighted by atomic mass is 79.9. The Balaban J connectivity index is 3.40. The number of aromatic hydroxyl groups is 1. The Kier molecular flexibility index (Phi) is 2.47. The normalized spacial score (nSPS) is 9.92. The molecule has 0 radical (unpaired) electrons. The Hall–Kier alpha value is -0.900. The molecule has 1 rings (SSSR count). The van der Waals surface area contributed by atoms with Gasteiger partial charge in [-0.3, -0.25) is 0 Å². The van der Waals surface area contributed by atoms with Gasteiger partial charge in [-0.2, -0.15) is 0 Å². The van der Waals surface area contributed by atoms with Crippen molar-refractivity contribution in [3.05, 3.63) is 16.1 Å². The second-order valence-corrected chi connectivity index (χ2v) is 3.27. The van der Waals surface area contributed by atoms with Crippen LogP contribution in [0.25, 0.3) is 0 Å². The third-order valence-corrected chi connectivity index (χ3v) is 2.35. The van der Waals surface area contributed by atoms with Crippen molar-refractivity contribution in [2.24, 2.45) is 0 Å². The number of nitrogen functional groups attached to an aromatic ring is 1. The van der Waals surface area contributed by atoms with Gasteiger partial charge in [-0.15, -0.1) is 0 Å². The number of rotatable bonds is 1. The van der Waals surface area contributed by atoms with Crippen LogP contribution in [0.15, 0.2) is 10.5 Å². The van der Waals surface area contributed by atoms with E-state index in [2.05, 4.69) is 15.9 Å². The van der Waals surface area contributed by atoms with Crippen molar-refractivity contribution in [3.8, 4) is 11.5 Å². The SMILES string of the molecule is COc1c(C)cc(N)c(O)c1Br. The summed E-state index contributed by atoms with van der Waals surface area (Å²) in [5.74, 6) is 0.638. The lowest BCUT2D eigenvalue weighted by Crippen LogP contribution is -1.93. The van der Waals surface area contributed by atoms with Crippen LogP contribution >= 0.6 is 15.9 Å². The van der Waals surface area contributed by atoms with Gasteiger partial charge in [0.05, 0.1) is 12.8 Å². The fourth-order valence-electron chi connectivity index (χ4n) is 1.03. The molecule has 3 N–H and O–H groups in total. The van der Waals surface area contributed by atoms with Gasteiger partial charge < -0.3 is 15.6 Å². The summed E-state index contributed by atoms with van der Waals surface area (Å²) in [6.45, 7) is 1.86. The molecule has 0 spiro atoms. The molecule has 0 heterocycles. The molecule has 0 aromatic heterocycles. The van der Waals surface area contributed by atoms with E-state index >= 15 is 0 Å². The number of anilines is 1. The van der Waals surface area contributed by atoms with E-state index in [1.165, 1.54) is 0 Å². The molecule has 3 nitrogen and oxygen atoms in total. The number of aryl methyl sites for hydroxylation is 1. The molecule has 0 aliphatic carbocycles. The largest absolute Gasteiger partial charge is 0.505 e. The van der Waals surface area contributed by atoms with Crippen LogP contribution in [0.2, 0.25) is 0 Å². The zero-order valence-electron chi connectivity index (χ0n) is 6.89. The van der Waals surface area contributed by atoms with Gasteiger partial charge in [-0.1, -0.05) is 0 Å². The first-order valence-corrected chi connectivity index (χ1v) is 4.18. The predicted octanol–water partition coefficient (Wildman–Crippen LogP) is 2.05. The maximum absolute atomic E-state index is 9.39. The van der Waals surface area contributed by atoms with E-state index in [1.54, 1.807) is 13.2 Å². The zero-order valence-corrected chi connectivity index (χ0v) is 8.47. The number of methoxy groups -OCH3 is 1. The van der Waals surface area contributed by atoms with Gasteiger partial charge in [0.15, 0.2) is 5.75 Å². The highest BCUT2D eigenvalue weighted by molar-refractivity contribution is 9.10. The van der Waals surface area contributed by atoms with E-state index in [1.807, 2.05) is 6.92 Å². The van der Waals surface area contributed by atoms with Crippen LogP contribution in [0.4, 0.5) is 5.69 Å². The molecule has 12 heavy (non-hydrogen) atoms. The van der Waals surface area contributed by atoms with E-state index < -0.39 is 0 Å². The molecule has 0 saturated heterocycles. The van der Waals surface area contributed by atoms with Crippen molar-refractivity contribution in [2.45, 2.75) is 6.92 Å². The topological polar surface area (TPSA) is 55.5 Å². The fourth-order valence-corrected chi connectivity index (χ4v) is 1.73. The van der Waals surface area contributed by atoms with Crippen molar-refractivity contribution in [1.29, 1.82) is 0 Å². The summed E-state index contributed by atoms with van der Waals surface area (Å²) in [5, 5.41) is 9.39. The van der Waals surface area contributed by atoms with E-state index in [4.69, 9.17) is 10.5 Å². The fraction of sp³-hybridized carbons (Fsp3) is 0.250. The predicted molar refractivity (Wildman–Crippen MR) is 51.5 cm³/mol. The molecule has 0 bridgehead atoms. The number of halogens is 1. The molecule has 0 aliphatic rings. The molecule has 0 aliphatic heterocycles. The van der Waals surface area contributed by atoms with Crippen molar-refractivity contribution in [3.63, 3.8) is 0 Å². The summed E-state index contributed by atoms with van der Waals surface area (Å²) in [5.41, 5.74) is 6.75. The number of ether oxygens (including phenoxy) is 1. The smallest absolute Gasteiger partial charge is 0.156 e. The van der Waals surface area contributed by atoms with Crippen molar-refractivity contribution in [1.82, 2.24) is 0 Å². The van der Waals surface area contributed by atoms with Gasteiger partial charge in [0.25, 0.3) is 0 Å². The summed E-state index contributed by atoms with van der Waals surface area (Å²) in [6, 6.07) is 1.67.